The van der Waals surface area contributed by atoms with Gasteiger partial charge >= 0.3 is 0 Å². The van der Waals surface area contributed by atoms with E-state index in [1.807, 2.05) is 0 Å². The molecule has 2 unspecified atom stereocenters. The summed E-state index contributed by atoms with van der Waals surface area (Å²) < 4.78 is 0. The Balaban J connectivity index is 0.000000208. The lowest BCUT2D eigenvalue weighted by atomic mass is 9.80. The van der Waals surface area contributed by atoms with Crippen LogP contribution >= 0.6 is 0 Å². The van der Waals surface area contributed by atoms with Crippen molar-refractivity contribution in [2.24, 2.45) is 5.41 Å². The SMILES string of the molecule is CC(C)(C)C1=CCN(C(C)(C)C)CC1.CC(C)(C)N1CC2CC(C1)N2C(C)(C)C. The minimum absolute atomic E-state index is 0.319. The van der Waals surface area contributed by atoms with Gasteiger partial charge in [0.1, 0.15) is 0 Å². The van der Waals surface area contributed by atoms with Crippen LogP contribution in [0, 0.1) is 5.41 Å². The fourth-order valence-electron chi connectivity index (χ4n) is 5.21. The molecule has 2 bridgehead atoms. The van der Waals surface area contributed by atoms with Crippen LogP contribution in [0.2, 0.25) is 0 Å². The van der Waals surface area contributed by atoms with Crippen molar-refractivity contribution in [3.63, 3.8) is 0 Å². The molecule has 4 heterocycles. The van der Waals surface area contributed by atoms with Crippen LogP contribution in [0.15, 0.2) is 11.6 Å². The second kappa shape index (κ2) is 8.28. The lowest BCUT2D eigenvalue weighted by Gasteiger charge is -2.63. The van der Waals surface area contributed by atoms with Crippen LogP contribution in [0.1, 0.15) is 95.9 Å². The molecule has 3 saturated heterocycles. The Kier molecular flexibility index (Phi) is 7.10. The average Bonchev–Trinajstić information content (AvgIpc) is 2.51. The molecule has 0 aliphatic carbocycles. The maximum Gasteiger partial charge on any atom is 0.0247 e. The molecule has 0 radical (unpaired) electrons. The van der Waals surface area contributed by atoms with Crippen molar-refractivity contribution in [2.75, 3.05) is 26.2 Å². The van der Waals surface area contributed by atoms with Crippen LogP contribution in [0.4, 0.5) is 0 Å². The molecule has 2 atom stereocenters. The van der Waals surface area contributed by atoms with E-state index in [2.05, 4.69) is 104 Å². The minimum Gasteiger partial charge on any atom is -0.295 e. The van der Waals surface area contributed by atoms with Crippen molar-refractivity contribution < 1.29 is 0 Å². The Labute approximate surface area is 182 Å². The van der Waals surface area contributed by atoms with E-state index < -0.39 is 0 Å². The number of hydrogen-bond acceptors (Lipinski definition) is 3. The number of piperazine rings is 1. The number of hydrogen-bond donors (Lipinski definition) is 0. The van der Waals surface area contributed by atoms with Gasteiger partial charge in [0.15, 0.2) is 0 Å². The lowest BCUT2D eigenvalue weighted by molar-refractivity contribution is -0.137. The molecule has 0 N–H and O–H groups in total. The summed E-state index contributed by atoms with van der Waals surface area (Å²) in [6.07, 6.45) is 5.08. The second-order valence-electron chi connectivity index (χ2n) is 13.5. The smallest absolute Gasteiger partial charge is 0.0247 e. The van der Waals surface area contributed by atoms with Crippen molar-refractivity contribution in [3.05, 3.63) is 11.6 Å². The van der Waals surface area contributed by atoms with Gasteiger partial charge < -0.3 is 0 Å². The molecule has 29 heavy (non-hydrogen) atoms. The van der Waals surface area contributed by atoms with Gasteiger partial charge in [0.05, 0.1) is 0 Å². The third kappa shape index (κ3) is 6.31. The summed E-state index contributed by atoms with van der Waals surface area (Å²) in [6.45, 7) is 32.7. The Morgan fingerprint density at radius 2 is 1.17 bits per heavy atom. The normalized spacial score (nSPS) is 27.7. The van der Waals surface area contributed by atoms with E-state index >= 15 is 0 Å². The van der Waals surface area contributed by atoms with Crippen LogP contribution < -0.4 is 0 Å². The van der Waals surface area contributed by atoms with Gasteiger partial charge in [-0.25, -0.2) is 0 Å². The number of rotatable bonds is 0. The predicted molar refractivity (Wildman–Crippen MR) is 129 cm³/mol. The van der Waals surface area contributed by atoms with Gasteiger partial charge in [-0.05, 0) is 80.6 Å². The summed E-state index contributed by atoms with van der Waals surface area (Å²) in [7, 11) is 0. The summed E-state index contributed by atoms with van der Waals surface area (Å²) >= 11 is 0. The first-order valence-corrected chi connectivity index (χ1v) is 11.9. The third-order valence-electron chi connectivity index (χ3n) is 7.04. The molecule has 4 aliphatic rings. The van der Waals surface area contributed by atoms with E-state index in [0.717, 1.165) is 18.6 Å². The quantitative estimate of drug-likeness (QED) is 0.471. The van der Waals surface area contributed by atoms with Crippen molar-refractivity contribution in [1.82, 2.24) is 14.7 Å². The third-order valence-corrected chi connectivity index (χ3v) is 7.04. The summed E-state index contributed by atoms with van der Waals surface area (Å²) in [6, 6.07) is 1.62. The van der Waals surface area contributed by atoms with Crippen LogP contribution in [0.5, 0.6) is 0 Å². The molecule has 3 heteroatoms. The van der Waals surface area contributed by atoms with E-state index in [-0.39, 0.29) is 0 Å². The second-order valence-corrected chi connectivity index (χ2v) is 13.5. The zero-order chi connectivity index (χ0) is 22.4. The zero-order valence-electron chi connectivity index (χ0n) is 21.8. The molecule has 0 aromatic rings. The van der Waals surface area contributed by atoms with Crippen molar-refractivity contribution >= 4 is 0 Å². The first kappa shape index (κ1) is 24.9. The zero-order valence-corrected chi connectivity index (χ0v) is 21.8. The monoisotopic (exact) mass is 405 g/mol. The Morgan fingerprint density at radius 3 is 1.48 bits per heavy atom. The molecule has 0 aromatic heterocycles. The predicted octanol–water partition coefficient (Wildman–Crippen LogP) is 5.81. The summed E-state index contributed by atoms with van der Waals surface area (Å²) in [5.41, 5.74) is 3.01. The van der Waals surface area contributed by atoms with Gasteiger partial charge in [-0.3, -0.25) is 14.7 Å². The standard InChI is InChI=1S/C13H26N2.C13H25N/c1-12(2,3)14-8-10-7-11(9-14)15(10)13(4,5)6;1-12(2,3)11-7-9-14(10-8-11)13(4,5)6/h10-11H,7-9H2,1-6H3;7H,8-10H2,1-6H3. The minimum atomic E-state index is 0.319. The molecule has 0 amide bonds. The first-order valence-electron chi connectivity index (χ1n) is 11.9. The van der Waals surface area contributed by atoms with E-state index in [9.17, 15) is 0 Å². The Bertz CT molecular complexity index is 565. The molecule has 0 aromatic carbocycles. The highest BCUT2D eigenvalue weighted by Gasteiger charge is 2.50. The van der Waals surface area contributed by atoms with Crippen molar-refractivity contribution in [2.45, 2.75) is 125 Å². The van der Waals surface area contributed by atoms with Crippen molar-refractivity contribution in [1.29, 1.82) is 0 Å². The highest BCUT2D eigenvalue weighted by atomic mass is 15.4. The lowest BCUT2D eigenvalue weighted by Crippen LogP contribution is -2.74. The number of nitrogens with zero attached hydrogens (tertiary/aromatic N) is 3. The fourth-order valence-corrected chi connectivity index (χ4v) is 5.21. The summed E-state index contributed by atoms with van der Waals surface area (Å²) in [5, 5.41) is 0. The largest absolute Gasteiger partial charge is 0.295 e. The summed E-state index contributed by atoms with van der Waals surface area (Å²) in [5.74, 6) is 0. The van der Waals surface area contributed by atoms with E-state index in [4.69, 9.17) is 0 Å². The Morgan fingerprint density at radius 1 is 0.690 bits per heavy atom. The molecule has 4 rings (SSSR count). The summed E-state index contributed by atoms with van der Waals surface area (Å²) in [4.78, 5) is 7.91. The van der Waals surface area contributed by atoms with Gasteiger partial charge in [0, 0.05) is 54.9 Å². The maximum atomic E-state index is 2.72. The van der Waals surface area contributed by atoms with Gasteiger partial charge in [-0.15, -0.1) is 0 Å². The van der Waals surface area contributed by atoms with Crippen LogP contribution in [0.3, 0.4) is 0 Å². The molecule has 3 nitrogen and oxygen atoms in total. The topological polar surface area (TPSA) is 9.72 Å². The Hall–Kier alpha value is -0.380. The van der Waals surface area contributed by atoms with Gasteiger partial charge in [0.2, 0.25) is 0 Å². The molecular formula is C26H51N3. The maximum absolute atomic E-state index is 2.72. The van der Waals surface area contributed by atoms with Crippen molar-refractivity contribution in [3.8, 4) is 0 Å². The molecule has 0 spiro atoms. The van der Waals surface area contributed by atoms with E-state index in [0.29, 0.717) is 22.0 Å². The van der Waals surface area contributed by atoms with Gasteiger partial charge in [0.25, 0.3) is 0 Å². The first-order chi connectivity index (χ1) is 12.9. The molecule has 3 fully saturated rings. The molecular weight excluding hydrogens is 354 g/mol. The number of piperidine rings is 1. The average molecular weight is 406 g/mol. The van der Waals surface area contributed by atoms with Crippen LogP contribution in [-0.4, -0.2) is 69.6 Å². The number of fused-ring (bicyclic) bond motifs is 2. The molecule has 4 aliphatic heterocycles. The molecule has 170 valence electrons. The van der Waals surface area contributed by atoms with E-state index in [1.165, 1.54) is 32.5 Å². The van der Waals surface area contributed by atoms with Gasteiger partial charge in [-0.1, -0.05) is 32.4 Å². The highest BCUT2D eigenvalue weighted by molar-refractivity contribution is 5.15. The highest BCUT2D eigenvalue weighted by Crippen LogP contribution is 2.40. The van der Waals surface area contributed by atoms with Gasteiger partial charge in [-0.2, -0.15) is 0 Å². The van der Waals surface area contributed by atoms with Crippen LogP contribution in [-0.2, 0) is 0 Å². The fraction of sp³-hybridized carbons (Fsp3) is 0.923. The van der Waals surface area contributed by atoms with Crippen LogP contribution in [0.25, 0.3) is 0 Å². The van der Waals surface area contributed by atoms with E-state index in [1.54, 1.807) is 5.57 Å². The molecule has 0 saturated carbocycles.